The largest absolute Gasteiger partial charge is 0.508 e. The Bertz CT molecular complexity index is 761. The van der Waals surface area contributed by atoms with E-state index < -0.39 is 11.9 Å². The third-order valence-electron chi connectivity index (χ3n) is 6.00. The van der Waals surface area contributed by atoms with Gasteiger partial charge in [-0.3, -0.25) is 9.69 Å². The van der Waals surface area contributed by atoms with Crippen LogP contribution in [-0.2, 0) is 11.2 Å². The summed E-state index contributed by atoms with van der Waals surface area (Å²) in [6.45, 7) is 5.89. The Morgan fingerprint density at radius 1 is 1.15 bits per heavy atom. The number of rotatable bonds is 6. The summed E-state index contributed by atoms with van der Waals surface area (Å²) in [6, 6.07) is 17.4. The maximum absolute atomic E-state index is 12.0. The molecule has 0 aromatic heterocycles. The molecule has 0 saturated carbocycles. The summed E-state index contributed by atoms with van der Waals surface area (Å²) in [4.78, 5) is 14.3. The van der Waals surface area contributed by atoms with Crippen LogP contribution in [0.4, 0.5) is 0 Å². The van der Waals surface area contributed by atoms with Crippen molar-refractivity contribution in [2.24, 2.45) is 17.8 Å². The van der Waals surface area contributed by atoms with Crippen LogP contribution in [0.1, 0.15) is 37.4 Å². The SMILES string of the molecule is CC1CCN(CC(Cc2ccccc2)C(=O)O)C(c2cccc(O)c2)C1C. The maximum atomic E-state index is 12.0. The summed E-state index contributed by atoms with van der Waals surface area (Å²) in [5.74, 6) is 0.0160. The minimum Gasteiger partial charge on any atom is -0.508 e. The van der Waals surface area contributed by atoms with Crippen LogP contribution in [0.3, 0.4) is 0 Å². The topological polar surface area (TPSA) is 60.8 Å². The van der Waals surface area contributed by atoms with Gasteiger partial charge in [0.2, 0.25) is 0 Å². The number of piperidine rings is 1. The maximum Gasteiger partial charge on any atom is 0.308 e. The summed E-state index contributed by atoms with van der Waals surface area (Å²) in [5, 5.41) is 19.8. The average Bonchev–Trinajstić information content (AvgIpc) is 2.65. The summed E-state index contributed by atoms with van der Waals surface area (Å²) in [7, 11) is 0. The van der Waals surface area contributed by atoms with Crippen molar-refractivity contribution in [3.8, 4) is 5.75 Å². The zero-order valence-electron chi connectivity index (χ0n) is 16.1. The van der Waals surface area contributed by atoms with E-state index in [1.807, 2.05) is 48.5 Å². The molecule has 0 spiro atoms. The fourth-order valence-electron chi connectivity index (χ4n) is 4.25. The number of likely N-dealkylation sites (tertiary alicyclic amines) is 1. The minimum atomic E-state index is -0.750. The third kappa shape index (κ3) is 4.69. The number of carbonyl (C=O) groups is 1. The van der Waals surface area contributed by atoms with E-state index in [0.717, 1.165) is 24.1 Å². The first-order valence-corrected chi connectivity index (χ1v) is 9.75. The molecule has 4 heteroatoms. The van der Waals surface area contributed by atoms with Crippen molar-refractivity contribution in [1.82, 2.24) is 4.90 Å². The number of hydrogen-bond donors (Lipinski definition) is 2. The highest BCUT2D eigenvalue weighted by Gasteiger charge is 2.36. The zero-order valence-corrected chi connectivity index (χ0v) is 16.1. The van der Waals surface area contributed by atoms with Gasteiger partial charge in [-0.05, 0) is 54.5 Å². The van der Waals surface area contributed by atoms with Crippen LogP contribution in [0.25, 0.3) is 0 Å². The summed E-state index contributed by atoms with van der Waals surface area (Å²) >= 11 is 0. The van der Waals surface area contributed by atoms with Crippen LogP contribution < -0.4 is 0 Å². The van der Waals surface area contributed by atoms with Crippen LogP contribution >= 0.6 is 0 Å². The number of aliphatic carboxylic acids is 1. The van der Waals surface area contributed by atoms with E-state index in [0.29, 0.717) is 24.8 Å². The number of phenols is 1. The van der Waals surface area contributed by atoms with Crippen molar-refractivity contribution in [2.45, 2.75) is 32.7 Å². The molecular formula is C23H29NO3. The van der Waals surface area contributed by atoms with Crippen LogP contribution in [0.2, 0.25) is 0 Å². The molecule has 4 nitrogen and oxygen atoms in total. The molecular weight excluding hydrogens is 338 g/mol. The lowest BCUT2D eigenvalue weighted by molar-refractivity contribution is -0.143. The quantitative estimate of drug-likeness (QED) is 0.797. The summed E-state index contributed by atoms with van der Waals surface area (Å²) in [6.07, 6.45) is 1.59. The van der Waals surface area contributed by atoms with E-state index >= 15 is 0 Å². The van der Waals surface area contributed by atoms with E-state index in [9.17, 15) is 15.0 Å². The molecule has 2 N–H and O–H groups in total. The van der Waals surface area contributed by atoms with E-state index in [1.54, 1.807) is 6.07 Å². The standard InChI is InChI=1S/C23H29NO3/c1-16-11-12-24(22(17(16)2)19-9-6-10-21(25)14-19)15-20(23(26)27)13-18-7-4-3-5-8-18/h3-10,14,16-17,20,22,25H,11-13,15H2,1-2H3,(H,26,27). The molecule has 0 radical (unpaired) electrons. The number of nitrogens with zero attached hydrogens (tertiary/aromatic N) is 1. The first kappa shape index (κ1) is 19.4. The Morgan fingerprint density at radius 3 is 2.56 bits per heavy atom. The Balaban J connectivity index is 1.83. The van der Waals surface area contributed by atoms with Crippen LogP contribution in [-0.4, -0.2) is 34.2 Å². The van der Waals surface area contributed by atoms with Gasteiger partial charge in [0, 0.05) is 12.6 Å². The monoisotopic (exact) mass is 367 g/mol. The molecule has 0 bridgehead atoms. The van der Waals surface area contributed by atoms with Gasteiger partial charge < -0.3 is 10.2 Å². The number of aromatic hydroxyl groups is 1. The van der Waals surface area contributed by atoms with E-state index in [1.165, 1.54) is 0 Å². The predicted octanol–water partition coefficient (Wildman–Crippen LogP) is 4.35. The van der Waals surface area contributed by atoms with E-state index in [4.69, 9.17) is 0 Å². The summed E-state index contributed by atoms with van der Waals surface area (Å²) < 4.78 is 0. The molecule has 1 fully saturated rings. The molecule has 1 heterocycles. The molecule has 27 heavy (non-hydrogen) atoms. The number of hydrogen-bond acceptors (Lipinski definition) is 3. The molecule has 3 rings (SSSR count). The van der Waals surface area contributed by atoms with Crippen LogP contribution in [0, 0.1) is 17.8 Å². The van der Waals surface area contributed by atoms with Crippen molar-refractivity contribution >= 4 is 5.97 Å². The first-order chi connectivity index (χ1) is 13.0. The Hall–Kier alpha value is -2.33. The number of phenolic OH excluding ortho intramolecular Hbond substituents is 1. The van der Waals surface area contributed by atoms with Gasteiger partial charge in [-0.2, -0.15) is 0 Å². The van der Waals surface area contributed by atoms with Gasteiger partial charge in [0.25, 0.3) is 0 Å². The third-order valence-corrected chi connectivity index (χ3v) is 6.00. The second-order valence-corrected chi connectivity index (χ2v) is 7.88. The van der Waals surface area contributed by atoms with Crippen molar-refractivity contribution < 1.29 is 15.0 Å². The van der Waals surface area contributed by atoms with E-state index in [2.05, 4.69) is 18.7 Å². The lowest BCUT2D eigenvalue weighted by atomic mass is 9.78. The van der Waals surface area contributed by atoms with Gasteiger partial charge in [-0.1, -0.05) is 56.3 Å². The number of carboxylic acids is 1. The summed E-state index contributed by atoms with van der Waals surface area (Å²) in [5.41, 5.74) is 2.12. The van der Waals surface area contributed by atoms with Gasteiger partial charge in [0.05, 0.1) is 5.92 Å². The fraction of sp³-hybridized carbons (Fsp3) is 0.435. The molecule has 4 atom stereocenters. The molecule has 1 aliphatic heterocycles. The number of carboxylic acid groups (broad SMARTS) is 1. The Labute approximate surface area is 161 Å². The molecule has 1 saturated heterocycles. The Kier molecular flexibility index (Phi) is 6.17. The van der Waals surface area contributed by atoms with Gasteiger partial charge >= 0.3 is 5.97 Å². The molecule has 144 valence electrons. The van der Waals surface area contributed by atoms with Crippen molar-refractivity contribution in [2.75, 3.05) is 13.1 Å². The predicted molar refractivity (Wildman–Crippen MR) is 107 cm³/mol. The smallest absolute Gasteiger partial charge is 0.308 e. The van der Waals surface area contributed by atoms with Gasteiger partial charge in [-0.25, -0.2) is 0 Å². The molecule has 1 aliphatic rings. The average molecular weight is 367 g/mol. The highest BCUT2D eigenvalue weighted by molar-refractivity contribution is 5.70. The van der Waals surface area contributed by atoms with Crippen molar-refractivity contribution in [1.29, 1.82) is 0 Å². The van der Waals surface area contributed by atoms with Gasteiger partial charge in [0.15, 0.2) is 0 Å². The zero-order chi connectivity index (χ0) is 19.4. The lowest BCUT2D eigenvalue weighted by Crippen LogP contribution is -2.45. The minimum absolute atomic E-state index is 0.124. The Morgan fingerprint density at radius 2 is 1.89 bits per heavy atom. The highest BCUT2D eigenvalue weighted by Crippen LogP contribution is 2.40. The molecule has 0 amide bonds. The highest BCUT2D eigenvalue weighted by atomic mass is 16.4. The van der Waals surface area contributed by atoms with Crippen LogP contribution in [0.15, 0.2) is 54.6 Å². The second kappa shape index (κ2) is 8.57. The molecule has 2 aromatic carbocycles. The first-order valence-electron chi connectivity index (χ1n) is 9.75. The lowest BCUT2D eigenvalue weighted by Gasteiger charge is -2.44. The van der Waals surface area contributed by atoms with E-state index in [-0.39, 0.29) is 11.8 Å². The molecule has 4 unspecified atom stereocenters. The van der Waals surface area contributed by atoms with Crippen LogP contribution in [0.5, 0.6) is 5.75 Å². The van der Waals surface area contributed by atoms with Crippen molar-refractivity contribution in [3.63, 3.8) is 0 Å². The number of benzene rings is 2. The molecule has 2 aromatic rings. The normalized spacial score (nSPS) is 24.4. The van der Waals surface area contributed by atoms with Crippen molar-refractivity contribution in [3.05, 3.63) is 65.7 Å². The second-order valence-electron chi connectivity index (χ2n) is 7.88. The van der Waals surface area contributed by atoms with Gasteiger partial charge in [0.1, 0.15) is 5.75 Å². The molecule has 0 aliphatic carbocycles. The fourth-order valence-corrected chi connectivity index (χ4v) is 4.25. The van der Waals surface area contributed by atoms with Gasteiger partial charge in [-0.15, -0.1) is 0 Å².